The fraction of sp³-hybridized carbons (Fsp3) is 0.182. The molecule has 3 aromatic rings. The summed E-state index contributed by atoms with van der Waals surface area (Å²) < 4.78 is 5.96. The first-order valence-electron chi connectivity index (χ1n) is 8.40. The summed E-state index contributed by atoms with van der Waals surface area (Å²) >= 11 is 0. The Morgan fingerprint density at radius 2 is 1.00 bits per heavy atom. The fourth-order valence-corrected chi connectivity index (χ4v) is 3.61. The second-order valence-electron chi connectivity index (χ2n) is 7.04. The van der Waals surface area contributed by atoms with Crippen molar-refractivity contribution >= 4 is 14.9 Å². The van der Waals surface area contributed by atoms with Gasteiger partial charge in [0.05, 0.1) is 0 Å². The van der Waals surface area contributed by atoms with Gasteiger partial charge in [-0.2, -0.15) is 0 Å². The van der Waals surface area contributed by atoms with Crippen LogP contribution in [-0.2, 0) is 4.43 Å². The van der Waals surface area contributed by atoms with Crippen LogP contribution in [-0.4, -0.2) is 15.4 Å². The highest BCUT2D eigenvalue weighted by Crippen LogP contribution is 2.24. The van der Waals surface area contributed by atoms with E-state index in [0.717, 1.165) is 0 Å². The second kappa shape index (κ2) is 7.16. The lowest BCUT2D eigenvalue weighted by Gasteiger charge is -2.20. The zero-order valence-electron chi connectivity index (χ0n) is 14.6. The smallest absolute Gasteiger partial charge is 0.192 e. The van der Waals surface area contributed by atoms with Gasteiger partial charge in [0.1, 0.15) is 0 Å². The minimum absolute atomic E-state index is 0.0435. The topological polar surface area (TPSA) is 9.23 Å². The molecule has 0 bridgehead atoms. The molecule has 0 amide bonds. The predicted octanol–water partition coefficient (Wildman–Crippen LogP) is 4.54. The molecular formula is C22H24OSi. The molecule has 0 aliphatic carbocycles. The lowest BCUT2D eigenvalue weighted by molar-refractivity contribution is 0.142. The van der Waals surface area contributed by atoms with Crippen LogP contribution in [0.2, 0.25) is 0 Å². The van der Waals surface area contributed by atoms with Crippen LogP contribution in [0.15, 0.2) is 78.9 Å². The summed E-state index contributed by atoms with van der Waals surface area (Å²) in [6.45, 7) is 6.34. The Labute approximate surface area is 147 Å². The van der Waals surface area contributed by atoms with E-state index in [1.54, 1.807) is 0 Å². The first kappa shape index (κ1) is 16.7. The first-order valence-corrected chi connectivity index (χ1v) is 9.68. The number of benzene rings is 3. The van der Waals surface area contributed by atoms with E-state index < -0.39 is 9.76 Å². The highest BCUT2D eigenvalue weighted by Gasteiger charge is 2.10. The van der Waals surface area contributed by atoms with E-state index in [9.17, 15) is 0 Å². The molecule has 0 saturated carbocycles. The summed E-state index contributed by atoms with van der Waals surface area (Å²) in [7, 11) is -0.653. The number of hydrogen-bond donors (Lipinski definition) is 0. The maximum absolute atomic E-state index is 5.96. The van der Waals surface area contributed by atoms with Gasteiger partial charge in [-0.15, -0.1) is 0 Å². The van der Waals surface area contributed by atoms with Crippen molar-refractivity contribution in [3.05, 3.63) is 78.9 Å². The largest absolute Gasteiger partial charge is 0.414 e. The van der Waals surface area contributed by atoms with Crippen molar-refractivity contribution in [2.45, 2.75) is 26.4 Å². The van der Waals surface area contributed by atoms with Crippen LogP contribution in [0, 0.1) is 0 Å². The second-order valence-corrected chi connectivity index (χ2v) is 8.44. The third kappa shape index (κ3) is 4.44. The van der Waals surface area contributed by atoms with Crippen LogP contribution in [0.5, 0.6) is 0 Å². The molecule has 3 rings (SSSR count). The van der Waals surface area contributed by atoms with Crippen molar-refractivity contribution in [1.29, 1.82) is 0 Å². The number of hydrogen-bond acceptors (Lipinski definition) is 1. The van der Waals surface area contributed by atoms with Crippen molar-refractivity contribution in [2.24, 2.45) is 0 Å². The maximum Gasteiger partial charge on any atom is 0.192 e. The SMILES string of the molecule is CC(C)(C)O[SiH2]c1ccc(-c2ccc(-c3ccccc3)cc2)cc1. The lowest BCUT2D eigenvalue weighted by Crippen LogP contribution is -2.28. The summed E-state index contributed by atoms with van der Waals surface area (Å²) in [5.74, 6) is 0. The third-order valence-electron chi connectivity index (χ3n) is 3.95. The minimum atomic E-state index is -0.653. The highest BCUT2D eigenvalue weighted by molar-refractivity contribution is 6.47. The summed E-state index contributed by atoms with van der Waals surface area (Å²) in [4.78, 5) is 0. The van der Waals surface area contributed by atoms with E-state index in [2.05, 4.69) is 93.6 Å². The zero-order valence-corrected chi connectivity index (χ0v) is 16.0. The van der Waals surface area contributed by atoms with Crippen LogP contribution in [0.25, 0.3) is 22.3 Å². The Bertz CT molecular complexity index is 769. The summed E-state index contributed by atoms with van der Waals surface area (Å²) in [5, 5.41) is 1.34. The quantitative estimate of drug-likeness (QED) is 0.637. The minimum Gasteiger partial charge on any atom is -0.414 e. The van der Waals surface area contributed by atoms with Gasteiger partial charge in [-0.3, -0.25) is 0 Å². The van der Waals surface area contributed by atoms with Gasteiger partial charge in [0.15, 0.2) is 9.76 Å². The van der Waals surface area contributed by atoms with E-state index in [1.807, 2.05) is 6.07 Å². The molecule has 1 nitrogen and oxygen atoms in total. The van der Waals surface area contributed by atoms with Crippen molar-refractivity contribution in [3.8, 4) is 22.3 Å². The van der Waals surface area contributed by atoms with Crippen LogP contribution >= 0.6 is 0 Å². The Hall–Kier alpha value is -2.16. The summed E-state index contributed by atoms with van der Waals surface area (Å²) in [6, 6.07) is 28.1. The average molecular weight is 333 g/mol. The van der Waals surface area contributed by atoms with Crippen molar-refractivity contribution < 1.29 is 4.43 Å². The monoisotopic (exact) mass is 332 g/mol. The molecule has 0 fully saturated rings. The molecule has 0 radical (unpaired) electrons. The van der Waals surface area contributed by atoms with Gasteiger partial charge < -0.3 is 4.43 Å². The van der Waals surface area contributed by atoms with Gasteiger partial charge in [0, 0.05) is 5.60 Å². The molecule has 0 unspecified atom stereocenters. The van der Waals surface area contributed by atoms with Crippen molar-refractivity contribution in [2.75, 3.05) is 0 Å². The van der Waals surface area contributed by atoms with Crippen molar-refractivity contribution in [1.82, 2.24) is 0 Å². The molecule has 0 saturated heterocycles. The molecule has 3 aromatic carbocycles. The molecule has 0 heterocycles. The molecule has 122 valence electrons. The Morgan fingerprint density at radius 1 is 0.583 bits per heavy atom. The maximum atomic E-state index is 5.96. The Balaban J connectivity index is 1.73. The van der Waals surface area contributed by atoms with E-state index in [0.29, 0.717) is 0 Å². The molecule has 0 spiro atoms. The molecule has 0 aliphatic heterocycles. The van der Waals surface area contributed by atoms with E-state index >= 15 is 0 Å². The standard InChI is InChI=1S/C22H24OSi/c1-22(2,3)23-24-21-15-13-20(14-16-21)19-11-9-18(10-12-19)17-7-5-4-6-8-17/h4-16H,24H2,1-3H3. The van der Waals surface area contributed by atoms with Gasteiger partial charge >= 0.3 is 0 Å². The van der Waals surface area contributed by atoms with Crippen LogP contribution in [0.4, 0.5) is 0 Å². The number of rotatable bonds is 4. The zero-order chi connectivity index (χ0) is 17.0. The van der Waals surface area contributed by atoms with Crippen LogP contribution in [0.3, 0.4) is 0 Å². The summed E-state index contributed by atoms with van der Waals surface area (Å²) in [6.07, 6.45) is 0. The first-order chi connectivity index (χ1) is 11.5. The van der Waals surface area contributed by atoms with Crippen molar-refractivity contribution in [3.63, 3.8) is 0 Å². The molecular weight excluding hydrogens is 308 g/mol. The van der Waals surface area contributed by atoms with E-state index in [4.69, 9.17) is 4.43 Å². The molecule has 24 heavy (non-hydrogen) atoms. The Kier molecular flexibility index (Phi) is 4.98. The fourth-order valence-electron chi connectivity index (χ4n) is 2.58. The predicted molar refractivity (Wildman–Crippen MR) is 106 cm³/mol. The lowest BCUT2D eigenvalue weighted by atomic mass is 10.0. The van der Waals surface area contributed by atoms with Crippen LogP contribution < -0.4 is 5.19 Å². The van der Waals surface area contributed by atoms with Gasteiger partial charge in [0.2, 0.25) is 0 Å². The summed E-state index contributed by atoms with van der Waals surface area (Å²) in [5.41, 5.74) is 4.97. The molecule has 0 N–H and O–H groups in total. The molecule has 0 aliphatic rings. The molecule has 0 aromatic heterocycles. The third-order valence-corrected chi connectivity index (χ3v) is 5.77. The highest BCUT2D eigenvalue weighted by atomic mass is 28.2. The molecule has 2 heteroatoms. The van der Waals surface area contributed by atoms with Gasteiger partial charge in [0.25, 0.3) is 0 Å². The van der Waals surface area contributed by atoms with E-state index in [1.165, 1.54) is 27.4 Å². The van der Waals surface area contributed by atoms with Crippen LogP contribution in [0.1, 0.15) is 20.8 Å². The van der Waals surface area contributed by atoms with Gasteiger partial charge in [-0.05, 0) is 48.2 Å². The van der Waals surface area contributed by atoms with E-state index in [-0.39, 0.29) is 5.60 Å². The molecule has 0 atom stereocenters. The average Bonchev–Trinajstić information content (AvgIpc) is 2.61. The van der Waals surface area contributed by atoms with Gasteiger partial charge in [-0.25, -0.2) is 0 Å². The van der Waals surface area contributed by atoms with Gasteiger partial charge in [-0.1, -0.05) is 78.9 Å². The normalized spacial score (nSPS) is 12.0. The Morgan fingerprint density at radius 3 is 1.46 bits per heavy atom.